The average Bonchev–Trinajstić information content (AvgIpc) is 2.59. The van der Waals surface area contributed by atoms with Crippen LogP contribution in [0, 0.1) is 11.6 Å². The van der Waals surface area contributed by atoms with Crippen molar-refractivity contribution in [2.75, 3.05) is 0 Å². The van der Waals surface area contributed by atoms with Gasteiger partial charge in [-0.05, 0) is 70.3 Å². The van der Waals surface area contributed by atoms with Crippen molar-refractivity contribution >= 4 is 0 Å². The minimum atomic E-state index is -0.542. The standard InChI is InChI=1S/C22H18F2/c1-2-14-3-7-21-16(9-14)4-5-17-10-15(6-8-22(17)21)18-11-19(23)13-20(24)12-18/h3,6-13H,2,4-5H2,1H3. The first-order valence-corrected chi connectivity index (χ1v) is 8.35. The second kappa shape index (κ2) is 5.86. The molecule has 2 heteroatoms. The van der Waals surface area contributed by atoms with Crippen LogP contribution in [0.4, 0.5) is 8.78 Å². The zero-order valence-corrected chi connectivity index (χ0v) is 13.6. The zero-order valence-electron chi connectivity index (χ0n) is 13.6. The lowest BCUT2D eigenvalue weighted by molar-refractivity contribution is 0.584. The molecular formula is C22H18F2. The third-order valence-electron chi connectivity index (χ3n) is 4.83. The molecule has 0 fully saturated rings. The van der Waals surface area contributed by atoms with E-state index in [0.717, 1.165) is 30.9 Å². The van der Waals surface area contributed by atoms with Gasteiger partial charge in [0.25, 0.3) is 0 Å². The molecular weight excluding hydrogens is 302 g/mol. The molecule has 0 nitrogen and oxygen atoms in total. The van der Waals surface area contributed by atoms with Crippen molar-refractivity contribution in [1.29, 1.82) is 0 Å². The largest absolute Gasteiger partial charge is 0.207 e. The number of halogens is 2. The second-order valence-corrected chi connectivity index (χ2v) is 6.38. The monoisotopic (exact) mass is 320 g/mol. The first-order valence-electron chi connectivity index (χ1n) is 8.35. The summed E-state index contributed by atoms with van der Waals surface area (Å²) >= 11 is 0. The molecule has 4 rings (SSSR count). The molecule has 3 aromatic carbocycles. The lowest BCUT2D eigenvalue weighted by Crippen LogP contribution is -2.05. The van der Waals surface area contributed by atoms with Crippen LogP contribution in [0.3, 0.4) is 0 Å². The second-order valence-electron chi connectivity index (χ2n) is 6.38. The van der Waals surface area contributed by atoms with E-state index < -0.39 is 11.6 Å². The molecule has 0 saturated heterocycles. The summed E-state index contributed by atoms with van der Waals surface area (Å²) in [5, 5.41) is 0. The van der Waals surface area contributed by atoms with Gasteiger partial charge in [0.05, 0.1) is 0 Å². The topological polar surface area (TPSA) is 0 Å². The number of rotatable bonds is 2. The van der Waals surface area contributed by atoms with Gasteiger partial charge in [0.1, 0.15) is 11.6 Å². The summed E-state index contributed by atoms with van der Waals surface area (Å²) in [6, 6.07) is 16.5. The average molecular weight is 320 g/mol. The van der Waals surface area contributed by atoms with Gasteiger partial charge in [0, 0.05) is 6.07 Å². The number of fused-ring (bicyclic) bond motifs is 3. The van der Waals surface area contributed by atoms with Crippen LogP contribution in [0.25, 0.3) is 22.3 Å². The lowest BCUT2D eigenvalue weighted by atomic mass is 9.83. The van der Waals surface area contributed by atoms with E-state index in [1.165, 1.54) is 39.9 Å². The van der Waals surface area contributed by atoms with E-state index in [1.54, 1.807) is 0 Å². The number of aryl methyl sites for hydroxylation is 3. The van der Waals surface area contributed by atoms with E-state index in [9.17, 15) is 8.78 Å². The Morgan fingerprint density at radius 2 is 1.33 bits per heavy atom. The Balaban J connectivity index is 1.79. The van der Waals surface area contributed by atoms with Crippen molar-refractivity contribution in [3.8, 4) is 22.3 Å². The molecule has 0 saturated carbocycles. The van der Waals surface area contributed by atoms with Crippen molar-refractivity contribution in [3.05, 3.63) is 82.9 Å². The third-order valence-corrected chi connectivity index (χ3v) is 4.83. The quantitative estimate of drug-likeness (QED) is 0.546. The maximum Gasteiger partial charge on any atom is 0.126 e. The maximum absolute atomic E-state index is 13.5. The third kappa shape index (κ3) is 2.62. The lowest BCUT2D eigenvalue weighted by Gasteiger charge is -2.21. The van der Waals surface area contributed by atoms with E-state index in [4.69, 9.17) is 0 Å². The Bertz CT molecular complexity index is 905. The summed E-state index contributed by atoms with van der Waals surface area (Å²) in [5.41, 5.74) is 7.97. The van der Waals surface area contributed by atoms with E-state index in [1.807, 2.05) is 6.07 Å². The van der Waals surface area contributed by atoms with Crippen molar-refractivity contribution in [3.63, 3.8) is 0 Å². The molecule has 0 N–H and O–H groups in total. The maximum atomic E-state index is 13.5. The van der Waals surface area contributed by atoms with Crippen LogP contribution in [-0.4, -0.2) is 0 Å². The predicted octanol–water partition coefficient (Wildman–Crippen LogP) is 5.96. The molecule has 0 amide bonds. The molecule has 0 radical (unpaired) electrons. The van der Waals surface area contributed by atoms with Crippen LogP contribution in [0.5, 0.6) is 0 Å². The smallest absolute Gasteiger partial charge is 0.126 e. The van der Waals surface area contributed by atoms with Gasteiger partial charge in [-0.1, -0.05) is 43.3 Å². The molecule has 0 spiro atoms. The van der Waals surface area contributed by atoms with Crippen molar-refractivity contribution < 1.29 is 8.78 Å². The van der Waals surface area contributed by atoms with Crippen molar-refractivity contribution in [1.82, 2.24) is 0 Å². The fourth-order valence-corrected chi connectivity index (χ4v) is 3.57. The molecule has 0 unspecified atom stereocenters. The van der Waals surface area contributed by atoms with Crippen LogP contribution in [0.2, 0.25) is 0 Å². The van der Waals surface area contributed by atoms with Gasteiger partial charge in [0.2, 0.25) is 0 Å². The molecule has 1 aliphatic rings. The molecule has 120 valence electrons. The van der Waals surface area contributed by atoms with Gasteiger partial charge in [-0.25, -0.2) is 8.78 Å². The molecule has 0 aromatic heterocycles. The van der Waals surface area contributed by atoms with Gasteiger partial charge in [0.15, 0.2) is 0 Å². The summed E-state index contributed by atoms with van der Waals surface area (Å²) in [6.07, 6.45) is 3.02. The Kier molecular flexibility index (Phi) is 3.68. The Hall–Kier alpha value is -2.48. The Morgan fingerprint density at radius 3 is 2.00 bits per heavy atom. The highest BCUT2D eigenvalue weighted by Gasteiger charge is 2.17. The van der Waals surface area contributed by atoms with E-state index in [2.05, 4.69) is 37.3 Å². The SMILES string of the molecule is CCc1ccc2c(c1)CCc1cc(-c3cc(F)cc(F)c3)ccc1-2. The van der Waals surface area contributed by atoms with Crippen LogP contribution in [0.1, 0.15) is 23.6 Å². The summed E-state index contributed by atoms with van der Waals surface area (Å²) in [6.45, 7) is 2.17. The summed E-state index contributed by atoms with van der Waals surface area (Å²) in [5.74, 6) is -1.08. The predicted molar refractivity (Wildman–Crippen MR) is 94.0 cm³/mol. The van der Waals surface area contributed by atoms with Crippen LogP contribution >= 0.6 is 0 Å². The van der Waals surface area contributed by atoms with Gasteiger partial charge in [-0.15, -0.1) is 0 Å². The van der Waals surface area contributed by atoms with E-state index in [-0.39, 0.29) is 0 Å². The highest BCUT2D eigenvalue weighted by molar-refractivity contribution is 5.77. The van der Waals surface area contributed by atoms with Gasteiger partial charge in [-0.3, -0.25) is 0 Å². The Labute approximate surface area is 140 Å². The summed E-state index contributed by atoms with van der Waals surface area (Å²) in [4.78, 5) is 0. The van der Waals surface area contributed by atoms with Crippen LogP contribution in [-0.2, 0) is 19.3 Å². The van der Waals surface area contributed by atoms with Gasteiger partial charge >= 0.3 is 0 Å². The van der Waals surface area contributed by atoms with Gasteiger partial charge < -0.3 is 0 Å². The summed E-state index contributed by atoms with van der Waals surface area (Å²) in [7, 11) is 0. The zero-order chi connectivity index (χ0) is 16.7. The molecule has 0 bridgehead atoms. The van der Waals surface area contributed by atoms with Crippen LogP contribution < -0.4 is 0 Å². The first kappa shape index (κ1) is 15.1. The minimum Gasteiger partial charge on any atom is -0.207 e. The first-order chi connectivity index (χ1) is 11.6. The van der Waals surface area contributed by atoms with E-state index in [0.29, 0.717) is 5.56 Å². The molecule has 0 heterocycles. The minimum absolute atomic E-state index is 0.542. The van der Waals surface area contributed by atoms with Crippen LogP contribution in [0.15, 0.2) is 54.6 Å². The van der Waals surface area contributed by atoms with Gasteiger partial charge in [-0.2, -0.15) is 0 Å². The Morgan fingerprint density at radius 1 is 0.708 bits per heavy atom. The molecule has 0 atom stereocenters. The number of hydrogen-bond acceptors (Lipinski definition) is 0. The molecule has 1 aliphatic carbocycles. The van der Waals surface area contributed by atoms with E-state index >= 15 is 0 Å². The number of benzene rings is 3. The normalized spacial score (nSPS) is 12.6. The molecule has 3 aromatic rings. The number of hydrogen-bond donors (Lipinski definition) is 0. The fraction of sp³-hybridized carbons (Fsp3) is 0.182. The summed E-state index contributed by atoms with van der Waals surface area (Å²) < 4.78 is 27.0. The highest BCUT2D eigenvalue weighted by Crippen LogP contribution is 2.36. The highest BCUT2D eigenvalue weighted by atomic mass is 19.1. The van der Waals surface area contributed by atoms with Crippen molar-refractivity contribution in [2.24, 2.45) is 0 Å². The fourth-order valence-electron chi connectivity index (χ4n) is 3.57. The molecule has 0 aliphatic heterocycles. The van der Waals surface area contributed by atoms with Crippen molar-refractivity contribution in [2.45, 2.75) is 26.2 Å². The molecule has 24 heavy (non-hydrogen) atoms.